The van der Waals surface area contributed by atoms with Crippen molar-refractivity contribution in [2.75, 3.05) is 27.0 Å². The number of esters is 1. The van der Waals surface area contributed by atoms with E-state index in [0.29, 0.717) is 24.4 Å². The maximum Gasteiger partial charge on any atom is 0.337 e. The number of benzene rings is 1. The number of carbonyl (C=O) groups excluding carboxylic acids is 2. The predicted octanol–water partition coefficient (Wildman–Crippen LogP) is 1.37. The lowest BCUT2D eigenvalue weighted by Gasteiger charge is -2.29. The van der Waals surface area contributed by atoms with E-state index in [1.165, 1.54) is 0 Å². The van der Waals surface area contributed by atoms with Gasteiger partial charge >= 0.3 is 12.0 Å². The molecule has 1 aromatic carbocycles. The van der Waals surface area contributed by atoms with Crippen LogP contribution in [0.5, 0.6) is 11.5 Å². The monoisotopic (exact) mass is 361 g/mol. The fourth-order valence-corrected chi connectivity index (χ4v) is 3.08. The molecule has 0 unspecified atom stereocenters. The Bertz CT molecular complexity index is 746. The molecule has 0 bridgehead atoms. The van der Waals surface area contributed by atoms with Crippen LogP contribution < -0.4 is 20.1 Å². The number of nitrogens with one attached hydrogen (secondary N) is 2. The second-order valence-corrected chi connectivity index (χ2v) is 6.29. The highest BCUT2D eigenvalue weighted by atomic mass is 16.7. The molecule has 0 spiro atoms. The van der Waals surface area contributed by atoms with E-state index >= 15 is 0 Å². The summed E-state index contributed by atoms with van der Waals surface area (Å²) in [6.07, 6.45) is 0. The fraction of sp³-hybridized carbons (Fsp3) is 0.444. The third kappa shape index (κ3) is 3.91. The van der Waals surface area contributed by atoms with Crippen LogP contribution in [0.4, 0.5) is 4.79 Å². The molecule has 1 atom stereocenters. The second-order valence-electron chi connectivity index (χ2n) is 6.29. The molecule has 0 aromatic heterocycles. The van der Waals surface area contributed by atoms with Crippen molar-refractivity contribution in [3.05, 3.63) is 35.0 Å². The first-order valence-electron chi connectivity index (χ1n) is 8.52. The molecule has 0 fully saturated rings. The van der Waals surface area contributed by atoms with Gasteiger partial charge in [-0.15, -0.1) is 0 Å². The van der Waals surface area contributed by atoms with Crippen LogP contribution >= 0.6 is 0 Å². The Kier molecular flexibility index (Phi) is 5.32. The molecule has 2 heterocycles. The van der Waals surface area contributed by atoms with Crippen LogP contribution in [-0.2, 0) is 16.1 Å². The Labute approximate surface area is 152 Å². The zero-order valence-corrected chi connectivity index (χ0v) is 15.1. The second kappa shape index (κ2) is 7.65. The molecule has 2 aliphatic heterocycles. The number of nitrogens with zero attached hydrogens (tertiary/aromatic N) is 1. The van der Waals surface area contributed by atoms with Crippen LogP contribution in [0.15, 0.2) is 29.5 Å². The number of hydrogen-bond acceptors (Lipinski definition) is 6. The molecule has 2 N–H and O–H groups in total. The van der Waals surface area contributed by atoms with Crippen LogP contribution in [0.25, 0.3) is 0 Å². The van der Waals surface area contributed by atoms with Crippen LogP contribution in [0.1, 0.15) is 19.4 Å². The van der Waals surface area contributed by atoms with Gasteiger partial charge in [-0.25, -0.2) is 9.59 Å². The molecule has 0 saturated heterocycles. The normalized spacial score (nSPS) is 18.6. The first kappa shape index (κ1) is 18.1. The number of rotatable bonds is 6. The number of urea groups is 1. The van der Waals surface area contributed by atoms with Crippen molar-refractivity contribution in [2.45, 2.75) is 26.4 Å². The van der Waals surface area contributed by atoms with E-state index in [9.17, 15) is 9.59 Å². The zero-order chi connectivity index (χ0) is 18.7. The van der Waals surface area contributed by atoms with Gasteiger partial charge in [0.25, 0.3) is 0 Å². The van der Waals surface area contributed by atoms with Crippen molar-refractivity contribution >= 4 is 12.0 Å². The van der Waals surface area contributed by atoms with Gasteiger partial charge in [0.2, 0.25) is 6.79 Å². The van der Waals surface area contributed by atoms with Crippen molar-refractivity contribution in [1.29, 1.82) is 0 Å². The third-order valence-electron chi connectivity index (χ3n) is 4.18. The lowest BCUT2D eigenvalue weighted by Crippen LogP contribution is -2.51. The lowest BCUT2D eigenvalue weighted by molar-refractivity contribution is -0.139. The van der Waals surface area contributed by atoms with Gasteiger partial charge in [-0.05, 0) is 38.6 Å². The number of carbonyl (C=O) groups is 2. The van der Waals surface area contributed by atoms with Crippen molar-refractivity contribution in [3.63, 3.8) is 0 Å². The molecule has 2 amide bonds. The lowest BCUT2D eigenvalue weighted by atomic mass is 10.0. The Balaban J connectivity index is 1.74. The van der Waals surface area contributed by atoms with Gasteiger partial charge < -0.3 is 24.8 Å². The van der Waals surface area contributed by atoms with Crippen LogP contribution in [0.3, 0.4) is 0 Å². The van der Waals surface area contributed by atoms with E-state index in [-0.39, 0.29) is 19.4 Å². The smallest absolute Gasteiger partial charge is 0.337 e. The Morgan fingerprint density at radius 3 is 2.85 bits per heavy atom. The highest BCUT2D eigenvalue weighted by Gasteiger charge is 2.30. The SMILES string of the molecule is CCOC(=O)C1=C(CN(C)Cc2ccc3c(c2)OCO3)NC(=O)N[C@@H]1C. The number of likely N-dealkylation sites (N-methyl/N-ethyl adjacent to an activating group) is 1. The molecular weight excluding hydrogens is 338 g/mol. The minimum Gasteiger partial charge on any atom is -0.463 e. The first-order chi connectivity index (χ1) is 12.5. The Morgan fingerprint density at radius 2 is 2.08 bits per heavy atom. The van der Waals surface area contributed by atoms with Crippen LogP contribution in [-0.4, -0.2) is 49.9 Å². The van der Waals surface area contributed by atoms with Crippen molar-refractivity contribution < 1.29 is 23.8 Å². The van der Waals surface area contributed by atoms with Gasteiger partial charge in [-0.1, -0.05) is 6.07 Å². The minimum absolute atomic E-state index is 0.237. The van der Waals surface area contributed by atoms with Gasteiger partial charge in [0.15, 0.2) is 11.5 Å². The highest BCUT2D eigenvalue weighted by molar-refractivity contribution is 5.94. The van der Waals surface area contributed by atoms with Gasteiger partial charge in [-0.3, -0.25) is 4.90 Å². The van der Waals surface area contributed by atoms with Crippen molar-refractivity contribution in [1.82, 2.24) is 15.5 Å². The summed E-state index contributed by atoms with van der Waals surface area (Å²) in [5.74, 6) is 1.05. The summed E-state index contributed by atoms with van der Waals surface area (Å²) in [6, 6.07) is 5.05. The molecular formula is C18H23N3O5. The predicted molar refractivity (Wildman–Crippen MR) is 93.7 cm³/mol. The standard InChI is InChI=1S/C18H23N3O5/c1-4-24-17(22)16-11(2)19-18(23)20-13(16)9-21(3)8-12-5-6-14-15(7-12)26-10-25-14/h5-7,11H,4,8-10H2,1-3H3,(H2,19,20,23)/t11-/m1/s1. The Morgan fingerprint density at radius 1 is 1.31 bits per heavy atom. The molecule has 140 valence electrons. The summed E-state index contributed by atoms with van der Waals surface area (Å²) in [7, 11) is 1.92. The topological polar surface area (TPSA) is 89.1 Å². The zero-order valence-electron chi connectivity index (χ0n) is 15.1. The number of fused-ring (bicyclic) bond motifs is 1. The van der Waals surface area contributed by atoms with E-state index in [1.807, 2.05) is 30.1 Å². The van der Waals surface area contributed by atoms with Gasteiger partial charge in [0, 0.05) is 18.8 Å². The van der Waals surface area contributed by atoms with Crippen molar-refractivity contribution in [2.24, 2.45) is 0 Å². The first-order valence-corrected chi connectivity index (χ1v) is 8.52. The van der Waals surface area contributed by atoms with E-state index < -0.39 is 12.0 Å². The minimum atomic E-state index is -0.418. The van der Waals surface area contributed by atoms with Gasteiger partial charge in [0.1, 0.15) is 0 Å². The summed E-state index contributed by atoms with van der Waals surface area (Å²) in [5, 5.41) is 5.43. The maximum atomic E-state index is 12.3. The van der Waals surface area contributed by atoms with E-state index in [4.69, 9.17) is 14.2 Å². The summed E-state index contributed by atoms with van der Waals surface area (Å²) >= 11 is 0. The van der Waals surface area contributed by atoms with Gasteiger partial charge in [0.05, 0.1) is 18.2 Å². The Hall–Kier alpha value is -2.74. The van der Waals surface area contributed by atoms with Crippen LogP contribution in [0, 0.1) is 0 Å². The summed E-state index contributed by atoms with van der Waals surface area (Å²) in [5.41, 5.74) is 2.05. The number of hydrogen-bond donors (Lipinski definition) is 2. The molecule has 0 saturated carbocycles. The van der Waals surface area contributed by atoms with Gasteiger partial charge in [-0.2, -0.15) is 0 Å². The summed E-state index contributed by atoms with van der Waals surface area (Å²) < 4.78 is 15.8. The molecule has 1 aromatic rings. The number of ether oxygens (including phenoxy) is 3. The highest BCUT2D eigenvalue weighted by Crippen LogP contribution is 2.32. The largest absolute Gasteiger partial charge is 0.463 e. The average molecular weight is 361 g/mol. The molecule has 8 nitrogen and oxygen atoms in total. The molecule has 0 radical (unpaired) electrons. The summed E-state index contributed by atoms with van der Waals surface area (Å²) in [6.45, 7) is 5.06. The molecule has 0 aliphatic carbocycles. The molecule has 2 aliphatic rings. The van der Waals surface area contributed by atoms with Crippen LogP contribution in [0.2, 0.25) is 0 Å². The molecule has 8 heteroatoms. The summed E-state index contributed by atoms with van der Waals surface area (Å²) in [4.78, 5) is 26.1. The van der Waals surface area contributed by atoms with E-state index in [0.717, 1.165) is 17.1 Å². The average Bonchev–Trinajstić information content (AvgIpc) is 3.01. The van der Waals surface area contributed by atoms with E-state index in [2.05, 4.69) is 10.6 Å². The molecule has 3 rings (SSSR count). The van der Waals surface area contributed by atoms with Crippen molar-refractivity contribution in [3.8, 4) is 11.5 Å². The molecule has 26 heavy (non-hydrogen) atoms. The fourth-order valence-electron chi connectivity index (χ4n) is 3.08. The number of amides is 2. The third-order valence-corrected chi connectivity index (χ3v) is 4.18. The quantitative estimate of drug-likeness (QED) is 0.744. The van der Waals surface area contributed by atoms with E-state index in [1.54, 1.807) is 13.8 Å². The maximum absolute atomic E-state index is 12.3.